The van der Waals surface area contributed by atoms with Crippen LogP contribution in [0.4, 0.5) is 0 Å². The largest absolute Gasteiger partial charge is 0.496 e. The molecule has 0 aliphatic carbocycles. The highest BCUT2D eigenvalue weighted by molar-refractivity contribution is 5.44. The van der Waals surface area contributed by atoms with Crippen molar-refractivity contribution in [3.05, 3.63) is 28.8 Å². The van der Waals surface area contributed by atoms with Crippen molar-refractivity contribution in [3.63, 3.8) is 0 Å². The fraction of sp³-hybridized carbons (Fsp3) is 0.538. The van der Waals surface area contributed by atoms with E-state index >= 15 is 0 Å². The Balaban J connectivity index is 3.14. The van der Waals surface area contributed by atoms with Gasteiger partial charge in [-0.05, 0) is 43.4 Å². The van der Waals surface area contributed by atoms with Gasteiger partial charge in [0.2, 0.25) is 0 Å². The van der Waals surface area contributed by atoms with Crippen molar-refractivity contribution in [2.24, 2.45) is 5.73 Å². The van der Waals surface area contributed by atoms with Gasteiger partial charge in [-0.15, -0.1) is 0 Å². The van der Waals surface area contributed by atoms with E-state index in [2.05, 4.69) is 32.9 Å². The Morgan fingerprint density at radius 1 is 1.13 bits per heavy atom. The van der Waals surface area contributed by atoms with Crippen LogP contribution in [0, 0.1) is 13.8 Å². The Kier molecular flexibility index (Phi) is 3.75. The van der Waals surface area contributed by atoms with Crippen molar-refractivity contribution in [1.29, 1.82) is 0 Å². The van der Waals surface area contributed by atoms with Crippen LogP contribution < -0.4 is 10.5 Å². The molecule has 0 aromatic heterocycles. The van der Waals surface area contributed by atoms with Gasteiger partial charge in [0, 0.05) is 6.04 Å². The first-order valence-corrected chi connectivity index (χ1v) is 5.38. The molecule has 1 aromatic carbocycles. The molecular formula is C13H21NO. The van der Waals surface area contributed by atoms with E-state index in [-0.39, 0.29) is 6.04 Å². The van der Waals surface area contributed by atoms with Gasteiger partial charge in [0.25, 0.3) is 0 Å². The third kappa shape index (κ3) is 2.51. The van der Waals surface area contributed by atoms with E-state index < -0.39 is 0 Å². The lowest BCUT2D eigenvalue weighted by Crippen LogP contribution is -2.22. The fourth-order valence-corrected chi connectivity index (χ4v) is 1.87. The summed E-state index contributed by atoms with van der Waals surface area (Å²) in [5.74, 6) is 1.36. The van der Waals surface area contributed by atoms with Crippen molar-refractivity contribution in [1.82, 2.24) is 0 Å². The zero-order valence-corrected chi connectivity index (χ0v) is 10.3. The van der Waals surface area contributed by atoms with Crippen LogP contribution in [-0.2, 0) is 0 Å². The maximum Gasteiger partial charge on any atom is 0.124 e. The van der Waals surface area contributed by atoms with Gasteiger partial charge >= 0.3 is 0 Å². The van der Waals surface area contributed by atoms with E-state index in [9.17, 15) is 0 Å². The molecule has 1 aromatic rings. The number of aryl methyl sites for hydroxylation is 2. The highest BCUT2D eigenvalue weighted by Gasteiger charge is 2.13. The van der Waals surface area contributed by atoms with Crippen molar-refractivity contribution in [3.8, 4) is 5.75 Å². The number of hydrogen-bond donors (Lipinski definition) is 1. The molecule has 15 heavy (non-hydrogen) atoms. The molecule has 2 nitrogen and oxygen atoms in total. The van der Waals surface area contributed by atoms with Gasteiger partial charge in [-0.2, -0.15) is 0 Å². The summed E-state index contributed by atoms with van der Waals surface area (Å²) in [5, 5.41) is 0. The molecule has 0 radical (unpaired) electrons. The monoisotopic (exact) mass is 207 g/mol. The smallest absolute Gasteiger partial charge is 0.124 e. The summed E-state index contributed by atoms with van der Waals surface area (Å²) in [5.41, 5.74) is 9.56. The summed E-state index contributed by atoms with van der Waals surface area (Å²) in [7, 11) is 1.71. The average molecular weight is 207 g/mol. The van der Waals surface area contributed by atoms with Crippen LogP contribution in [-0.4, -0.2) is 13.2 Å². The molecule has 0 fully saturated rings. The van der Waals surface area contributed by atoms with E-state index in [1.165, 1.54) is 16.7 Å². The van der Waals surface area contributed by atoms with Crippen LogP contribution in [0.25, 0.3) is 0 Å². The molecule has 2 N–H and O–H groups in total. The summed E-state index contributed by atoms with van der Waals surface area (Å²) in [4.78, 5) is 0. The summed E-state index contributed by atoms with van der Waals surface area (Å²) in [6.45, 7) is 8.34. The molecule has 0 heterocycles. The number of benzene rings is 1. The van der Waals surface area contributed by atoms with Crippen LogP contribution in [0.2, 0.25) is 0 Å². The van der Waals surface area contributed by atoms with Gasteiger partial charge in [0.15, 0.2) is 0 Å². The van der Waals surface area contributed by atoms with Gasteiger partial charge in [0.1, 0.15) is 5.75 Å². The van der Waals surface area contributed by atoms with Crippen molar-refractivity contribution >= 4 is 0 Å². The molecular weight excluding hydrogens is 186 g/mol. The normalized spacial score (nSPS) is 14.8. The van der Waals surface area contributed by atoms with E-state index in [1.54, 1.807) is 7.11 Å². The molecule has 2 unspecified atom stereocenters. The summed E-state index contributed by atoms with van der Waals surface area (Å²) < 4.78 is 5.34. The quantitative estimate of drug-likeness (QED) is 0.827. The zero-order chi connectivity index (χ0) is 11.6. The topological polar surface area (TPSA) is 35.2 Å². The minimum Gasteiger partial charge on any atom is -0.496 e. The molecule has 0 spiro atoms. The first-order valence-electron chi connectivity index (χ1n) is 5.38. The second kappa shape index (κ2) is 4.67. The fourth-order valence-electron chi connectivity index (χ4n) is 1.87. The molecule has 84 valence electrons. The molecule has 0 saturated carbocycles. The predicted octanol–water partition coefficient (Wildman–Crippen LogP) is 2.76. The van der Waals surface area contributed by atoms with Gasteiger partial charge in [-0.25, -0.2) is 0 Å². The predicted molar refractivity (Wildman–Crippen MR) is 64.5 cm³/mol. The first-order chi connectivity index (χ1) is 6.97. The van der Waals surface area contributed by atoms with Crippen LogP contribution in [0.3, 0.4) is 0 Å². The first kappa shape index (κ1) is 12.1. The third-order valence-corrected chi connectivity index (χ3v) is 3.00. The number of nitrogens with two attached hydrogens (primary N) is 1. The minimum atomic E-state index is 0.178. The summed E-state index contributed by atoms with van der Waals surface area (Å²) in [6.07, 6.45) is 0. The van der Waals surface area contributed by atoms with E-state index in [1.807, 2.05) is 6.92 Å². The lowest BCUT2D eigenvalue weighted by atomic mass is 9.92. The van der Waals surface area contributed by atoms with Crippen LogP contribution in [0.5, 0.6) is 5.75 Å². The Morgan fingerprint density at radius 2 is 1.60 bits per heavy atom. The SMILES string of the molecule is COc1c(C)cc(C(C)C(C)N)cc1C. The molecule has 0 bridgehead atoms. The molecule has 0 aliphatic rings. The Morgan fingerprint density at radius 3 is 1.93 bits per heavy atom. The standard InChI is InChI=1S/C13H21NO/c1-8-6-12(10(3)11(4)14)7-9(2)13(8)15-5/h6-7,10-11H,14H2,1-5H3. The van der Waals surface area contributed by atoms with E-state index in [0.29, 0.717) is 5.92 Å². The number of rotatable bonds is 3. The molecule has 0 aliphatic heterocycles. The van der Waals surface area contributed by atoms with Crippen molar-refractivity contribution in [2.45, 2.75) is 39.7 Å². The van der Waals surface area contributed by atoms with E-state index in [0.717, 1.165) is 5.75 Å². The molecule has 2 heteroatoms. The number of ether oxygens (including phenoxy) is 1. The third-order valence-electron chi connectivity index (χ3n) is 3.00. The summed E-state index contributed by atoms with van der Waals surface area (Å²) in [6, 6.07) is 4.51. The van der Waals surface area contributed by atoms with Crippen LogP contribution in [0.15, 0.2) is 12.1 Å². The highest BCUT2D eigenvalue weighted by atomic mass is 16.5. The van der Waals surface area contributed by atoms with Gasteiger partial charge in [0.05, 0.1) is 7.11 Å². The maximum atomic E-state index is 5.91. The van der Waals surface area contributed by atoms with Crippen molar-refractivity contribution < 1.29 is 4.74 Å². The number of methoxy groups -OCH3 is 1. The van der Waals surface area contributed by atoms with Gasteiger partial charge in [-0.1, -0.05) is 19.1 Å². The molecule has 2 atom stereocenters. The second-order valence-corrected chi connectivity index (χ2v) is 4.34. The van der Waals surface area contributed by atoms with Crippen molar-refractivity contribution in [2.75, 3.05) is 7.11 Å². The minimum absolute atomic E-state index is 0.178. The molecule has 1 rings (SSSR count). The molecule has 0 saturated heterocycles. The Bertz CT molecular complexity index is 321. The van der Waals surface area contributed by atoms with Crippen LogP contribution >= 0.6 is 0 Å². The number of hydrogen-bond acceptors (Lipinski definition) is 2. The Labute approximate surface area is 92.4 Å². The van der Waals surface area contributed by atoms with Gasteiger partial charge in [-0.3, -0.25) is 0 Å². The van der Waals surface area contributed by atoms with Crippen LogP contribution in [0.1, 0.15) is 36.5 Å². The average Bonchev–Trinajstić information content (AvgIpc) is 2.15. The zero-order valence-electron chi connectivity index (χ0n) is 10.3. The highest BCUT2D eigenvalue weighted by Crippen LogP contribution is 2.28. The van der Waals surface area contributed by atoms with Gasteiger partial charge < -0.3 is 10.5 Å². The lowest BCUT2D eigenvalue weighted by molar-refractivity contribution is 0.408. The maximum absolute atomic E-state index is 5.91. The summed E-state index contributed by atoms with van der Waals surface area (Å²) >= 11 is 0. The Hall–Kier alpha value is -1.02. The lowest BCUT2D eigenvalue weighted by Gasteiger charge is -2.19. The second-order valence-electron chi connectivity index (χ2n) is 4.34. The van der Waals surface area contributed by atoms with E-state index in [4.69, 9.17) is 10.5 Å². The molecule has 0 amide bonds.